The number of benzene rings is 2. The normalized spacial score (nSPS) is 10.5. The topological polar surface area (TPSA) is 99.4 Å². The number of carbonyl (C=O) groups excluding carboxylic acids is 2. The maximum atomic E-state index is 12.2. The van der Waals surface area contributed by atoms with Crippen LogP contribution in [0.15, 0.2) is 54.6 Å². The Morgan fingerprint density at radius 2 is 1.88 bits per heavy atom. The summed E-state index contributed by atoms with van der Waals surface area (Å²) in [6.45, 7) is 1.06. The zero-order valence-electron chi connectivity index (χ0n) is 13.8. The lowest BCUT2D eigenvalue weighted by atomic mass is 10.1. The van der Waals surface area contributed by atoms with E-state index in [1.54, 1.807) is 25.1 Å². The van der Waals surface area contributed by atoms with Crippen LogP contribution in [0.25, 0.3) is 10.9 Å². The molecule has 1 heterocycles. The molecule has 2 aromatic carbocycles. The van der Waals surface area contributed by atoms with E-state index in [0.29, 0.717) is 11.1 Å². The SMILES string of the molecule is Cc1ccc(C(=O)COC(=O)c2ccc3ccccc3n2)cc1[N+](=O)[O-]. The third kappa shape index (κ3) is 3.56. The van der Waals surface area contributed by atoms with Gasteiger partial charge >= 0.3 is 5.97 Å². The summed E-state index contributed by atoms with van der Waals surface area (Å²) in [5, 5.41) is 11.8. The molecule has 26 heavy (non-hydrogen) atoms. The predicted molar refractivity (Wildman–Crippen MR) is 94.2 cm³/mol. The summed E-state index contributed by atoms with van der Waals surface area (Å²) in [5.41, 5.74) is 1.14. The number of rotatable bonds is 5. The molecule has 0 unspecified atom stereocenters. The number of ketones is 1. The number of nitro benzene ring substituents is 1. The fraction of sp³-hybridized carbons (Fsp3) is 0.105. The van der Waals surface area contributed by atoms with Gasteiger partial charge in [-0.1, -0.05) is 36.4 Å². The molecular weight excluding hydrogens is 336 g/mol. The average Bonchev–Trinajstić information content (AvgIpc) is 2.65. The van der Waals surface area contributed by atoms with Crippen LogP contribution >= 0.6 is 0 Å². The van der Waals surface area contributed by atoms with Crippen LogP contribution in [0.4, 0.5) is 5.69 Å². The summed E-state index contributed by atoms with van der Waals surface area (Å²) < 4.78 is 5.00. The largest absolute Gasteiger partial charge is 0.453 e. The van der Waals surface area contributed by atoms with Gasteiger partial charge in [-0.2, -0.15) is 0 Å². The van der Waals surface area contributed by atoms with Crippen molar-refractivity contribution in [3.8, 4) is 0 Å². The van der Waals surface area contributed by atoms with Gasteiger partial charge in [0.25, 0.3) is 5.69 Å². The first-order valence-corrected chi connectivity index (χ1v) is 7.77. The van der Waals surface area contributed by atoms with Crippen LogP contribution in [0.2, 0.25) is 0 Å². The van der Waals surface area contributed by atoms with E-state index in [9.17, 15) is 19.7 Å². The van der Waals surface area contributed by atoms with Gasteiger partial charge < -0.3 is 4.74 Å². The van der Waals surface area contributed by atoms with Crippen LogP contribution < -0.4 is 0 Å². The van der Waals surface area contributed by atoms with Crippen molar-refractivity contribution in [2.24, 2.45) is 0 Å². The molecule has 3 rings (SSSR count). The van der Waals surface area contributed by atoms with Gasteiger partial charge in [0.15, 0.2) is 6.61 Å². The second kappa shape index (κ2) is 7.10. The Balaban J connectivity index is 1.71. The highest BCUT2D eigenvalue weighted by molar-refractivity contribution is 6.00. The van der Waals surface area contributed by atoms with Crippen molar-refractivity contribution >= 4 is 28.3 Å². The molecule has 0 spiro atoms. The minimum atomic E-state index is -0.731. The maximum Gasteiger partial charge on any atom is 0.357 e. The molecule has 3 aromatic rings. The van der Waals surface area contributed by atoms with Crippen LogP contribution in [0.3, 0.4) is 0 Å². The smallest absolute Gasteiger partial charge is 0.357 e. The first-order chi connectivity index (χ1) is 12.5. The third-order valence-electron chi connectivity index (χ3n) is 3.87. The molecule has 1 aromatic heterocycles. The number of esters is 1. The quantitative estimate of drug-likeness (QED) is 0.302. The van der Waals surface area contributed by atoms with Gasteiger partial charge in [-0.3, -0.25) is 14.9 Å². The molecular formula is C19H14N2O5. The summed E-state index contributed by atoms with van der Waals surface area (Å²) in [6, 6.07) is 14.7. The monoisotopic (exact) mass is 350 g/mol. The lowest BCUT2D eigenvalue weighted by Crippen LogP contribution is -2.15. The van der Waals surface area contributed by atoms with Crippen LogP contribution in [0, 0.1) is 17.0 Å². The highest BCUT2D eigenvalue weighted by Crippen LogP contribution is 2.19. The molecule has 0 bridgehead atoms. The van der Waals surface area contributed by atoms with Crippen LogP contribution in [-0.4, -0.2) is 28.3 Å². The molecule has 130 valence electrons. The van der Waals surface area contributed by atoms with Gasteiger partial charge in [-0.15, -0.1) is 0 Å². The van der Waals surface area contributed by atoms with E-state index >= 15 is 0 Å². The van der Waals surface area contributed by atoms with E-state index in [1.807, 2.05) is 12.1 Å². The van der Waals surface area contributed by atoms with Crippen LogP contribution in [-0.2, 0) is 4.74 Å². The number of pyridine rings is 1. The molecule has 0 amide bonds. The van der Waals surface area contributed by atoms with E-state index < -0.39 is 23.3 Å². The summed E-state index contributed by atoms with van der Waals surface area (Å²) in [4.78, 5) is 38.9. The molecule has 7 nitrogen and oxygen atoms in total. The van der Waals surface area contributed by atoms with Crippen LogP contribution in [0.1, 0.15) is 26.4 Å². The molecule has 0 aliphatic carbocycles. The zero-order chi connectivity index (χ0) is 18.7. The van der Waals surface area contributed by atoms with Gasteiger partial charge in [0.05, 0.1) is 10.4 Å². The zero-order valence-corrected chi connectivity index (χ0v) is 13.8. The molecule has 0 radical (unpaired) electrons. The molecule has 0 aliphatic heterocycles. The second-order valence-corrected chi connectivity index (χ2v) is 5.65. The van der Waals surface area contributed by atoms with Crippen molar-refractivity contribution in [2.75, 3.05) is 6.61 Å². The second-order valence-electron chi connectivity index (χ2n) is 5.65. The fourth-order valence-corrected chi connectivity index (χ4v) is 2.45. The lowest BCUT2D eigenvalue weighted by molar-refractivity contribution is -0.385. The van der Waals surface area contributed by atoms with Crippen molar-refractivity contribution in [1.82, 2.24) is 4.98 Å². The minimum absolute atomic E-state index is 0.0892. The number of carbonyl (C=O) groups is 2. The Kier molecular flexibility index (Phi) is 4.70. The Bertz CT molecular complexity index is 1030. The Morgan fingerprint density at radius 1 is 1.12 bits per heavy atom. The van der Waals surface area contributed by atoms with E-state index in [-0.39, 0.29) is 16.9 Å². The number of nitro groups is 1. The Labute approximate surface area is 148 Å². The molecule has 0 N–H and O–H groups in total. The number of para-hydroxylation sites is 1. The standard InChI is InChI=1S/C19H14N2O5/c1-12-6-7-14(10-17(12)21(24)25)18(22)11-26-19(23)16-9-8-13-4-2-3-5-15(13)20-16/h2-10H,11H2,1H3. The third-order valence-corrected chi connectivity index (χ3v) is 3.87. The lowest BCUT2D eigenvalue weighted by Gasteiger charge is -2.06. The van der Waals surface area contributed by atoms with Crippen molar-refractivity contribution in [3.05, 3.63) is 81.5 Å². The maximum absolute atomic E-state index is 12.2. The number of nitrogens with zero attached hydrogens (tertiary/aromatic N) is 2. The van der Waals surface area contributed by atoms with Crippen molar-refractivity contribution in [3.63, 3.8) is 0 Å². The van der Waals surface area contributed by atoms with Gasteiger partial charge in [-0.25, -0.2) is 9.78 Å². The van der Waals surface area contributed by atoms with Crippen molar-refractivity contribution < 1.29 is 19.2 Å². The van der Waals surface area contributed by atoms with E-state index in [4.69, 9.17) is 4.74 Å². The molecule has 7 heteroatoms. The van der Waals surface area contributed by atoms with Crippen molar-refractivity contribution in [2.45, 2.75) is 6.92 Å². The van der Waals surface area contributed by atoms with E-state index in [2.05, 4.69) is 4.98 Å². The summed E-state index contributed by atoms with van der Waals surface area (Å²) in [6.07, 6.45) is 0. The summed E-state index contributed by atoms with van der Waals surface area (Å²) in [5.74, 6) is -1.26. The Hall–Kier alpha value is -3.61. The molecule has 0 aliphatic rings. The van der Waals surface area contributed by atoms with Gasteiger partial charge in [-0.05, 0) is 19.1 Å². The predicted octanol–water partition coefficient (Wildman–Crippen LogP) is 3.49. The van der Waals surface area contributed by atoms with Crippen LogP contribution in [0.5, 0.6) is 0 Å². The molecule has 0 atom stereocenters. The molecule has 0 saturated carbocycles. The van der Waals surface area contributed by atoms with Crippen molar-refractivity contribution in [1.29, 1.82) is 0 Å². The molecule has 0 fully saturated rings. The fourth-order valence-electron chi connectivity index (χ4n) is 2.45. The van der Waals surface area contributed by atoms with Gasteiger partial charge in [0, 0.05) is 22.6 Å². The van der Waals surface area contributed by atoms with E-state index in [1.165, 1.54) is 24.3 Å². The number of ether oxygens (including phenoxy) is 1. The number of aromatic nitrogens is 1. The Morgan fingerprint density at radius 3 is 2.65 bits per heavy atom. The number of fused-ring (bicyclic) bond motifs is 1. The van der Waals surface area contributed by atoms with E-state index in [0.717, 1.165) is 5.39 Å². The first-order valence-electron chi connectivity index (χ1n) is 7.77. The minimum Gasteiger partial charge on any atom is -0.453 e. The highest BCUT2D eigenvalue weighted by atomic mass is 16.6. The number of hydrogen-bond acceptors (Lipinski definition) is 6. The average molecular weight is 350 g/mol. The van der Waals surface area contributed by atoms with Gasteiger partial charge in [0.2, 0.25) is 5.78 Å². The number of aryl methyl sites for hydroxylation is 1. The number of hydrogen-bond donors (Lipinski definition) is 0. The highest BCUT2D eigenvalue weighted by Gasteiger charge is 2.17. The molecule has 0 saturated heterocycles. The number of Topliss-reactive ketones (excluding diaryl/α,β-unsaturated/α-hetero) is 1. The summed E-state index contributed by atoms with van der Waals surface area (Å²) >= 11 is 0. The summed E-state index contributed by atoms with van der Waals surface area (Å²) in [7, 11) is 0. The van der Waals surface area contributed by atoms with Gasteiger partial charge in [0.1, 0.15) is 5.69 Å². The first kappa shape index (κ1) is 17.2.